The third-order valence-electron chi connectivity index (χ3n) is 3.28. The lowest BCUT2D eigenvalue weighted by atomic mass is 10.1. The Kier molecular flexibility index (Phi) is 3.88. The van der Waals surface area contributed by atoms with E-state index in [9.17, 15) is 4.79 Å². The van der Waals surface area contributed by atoms with Crippen LogP contribution in [0.1, 0.15) is 38.1 Å². The molecule has 102 valence electrons. The average molecular weight is 260 g/mol. The molecule has 0 saturated heterocycles. The van der Waals surface area contributed by atoms with Gasteiger partial charge in [-0.1, -0.05) is 6.07 Å². The summed E-state index contributed by atoms with van der Waals surface area (Å²) in [6.07, 6.45) is 0. The minimum Gasteiger partial charge on any atom is -0.465 e. The van der Waals surface area contributed by atoms with Gasteiger partial charge in [0.1, 0.15) is 11.7 Å². The van der Waals surface area contributed by atoms with Crippen molar-refractivity contribution in [1.29, 1.82) is 0 Å². The van der Waals surface area contributed by atoms with Crippen molar-refractivity contribution in [3.8, 4) is 0 Å². The third kappa shape index (κ3) is 2.48. The molecule has 0 bridgehead atoms. The topological polar surface area (TPSA) is 44.1 Å². The average Bonchev–Trinajstić information content (AvgIpc) is 2.75. The fourth-order valence-electron chi connectivity index (χ4n) is 2.29. The summed E-state index contributed by atoms with van der Waals surface area (Å²) in [4.78, 5) is 16.5. The maximum Gasteiger partial charge on any atom is 0.316 e. The van der Waals surface area contributed by atoms with Crippen molar-refractivity contribution in [3.05, 3.63) is 29.6 Å². The van der Waals surface area contributed by atoms with Gasteiger partial charge in [0.15, 0.2) is 0 Å². The molecule has 1 aromatic carbocycles. The summed E-state index contributed by atoms with van der Waals surface area (Å²) >= 11 is 0. The first-order valence-corrected chi connectivity index (χ1v) is 6.71. The predicted octanol–water partition coefficient (Wildman–Crippen LogP) is 3.03. The molecule has 0 aliphatic carbocycles. The summed E-state index contributed by atoms with van der Waals surface area (Å²) in [5, 5.41) is 0. The van der Waals surface area contributed by atoms with E-state index in [-0.39, 0.29) is 11.9 Å². The number of esters is 1. The van der Waals surface area contributed by atoms with E-state index in [0.29, 0.717) is 6.61 Å². The molecular formula is C15H20N2O2. The van der Waals surface area contributed by atoms with E-state index < -0.39 is 0 Å². The van der Waals surface area contributed by atoms with Crippen LogP contribution < -0.4 is 0 Å². The van der Waals surface area contributed by atoms with E-state index in [1.807, 2.05) is 26.8 Å². The summed E-state index contributed by atoms with van der Waals surface area (Å²) < 4.78 is 7.16. The molecule has 2 aromatic rings. The molecule has 0 radical (unpaired) electrons. The number of fused-ring (bicyclic) bond motifs is 1. The maximum atomic E-state index is 11.9. The van der Waals surface area contributed by atoms with Crippen molar-refractivity contribution < 1.29 is 9.53 Å². The summed E-state index contributed by atoms with van der Waals surface area (Å²) in [5.74, 6) is 0.221. The Hall–Kier alpha value is -1.84. The van der Waals surface area contributed by atoms with Crippen LogP contribution in [-0.4, -0.2) is 22.1 Å². The van der Waals surface area contributed by atoms with Crippen molar-refractivity contribution in [2.75, 3.05) is 6.61 Å². The minimum absolute atomic E-state index is 0.218. The number of carbonyl (C=O) groups excluding carboxylic acids is 1. The molecule has 1 unspecified atom stereocenters. The van der Waals surface area contributed by atoms with Gasteiger partial charge in [-0.15, -0.1) is 0 Å². The highest BCUT2D eigenvalue weighted by atomic mass is 16.5. The van der Waals surface area contributed by atoms with E-state index in [2.05, 4.69) is 28.6 Å². The molecule has 0 N–H and O–H groups in total. The lowest BCUT2D eigenvalue weighted by Gasteiger charge is -2.12. The number of imidazole rings is 1. The number of rotatable bonds is 4. The zero-order valence-electron chi connectivity index (χ0n) is 11.9. The number of hydrogen-bond acceptors (Lipinski definition) is 3. The van der Waals surface area contributed by atoms with Gasteiger partial charge in [-0.3, -0.25) is 4.79 Å². The normalized spacial score (nSPS) is 12.6. The molecule has 0 amide bonds. The standard InChI is InChI=1S/C15H20N2O2/c1-5-17-13-8-7-10(3)9-12(13)16-14(17)11(4)15(18)19-6-2/h7-9,11H,5-6H2,1-4H3. The fraction of sp³-hybridized carbons (Fsp3) is 0.467. The molecule has 2 rings (SSSR count). The number of aromatic nitrogens is 2. The van der Waals surface area contributed by atoms with Crippen LogP contribution in [0.2, 0.25) is 0 Å². The number of ether oxygens (including phenoxy) is 1. The van der Waals surface area contributed by atoms with Gasteiger partial charge < -0.3 is 9.30 Å². The van der Waals surface area contributed by atoms with Gasteiger partial charge in [0.2, 0.25) is 0 Å². The second-order valence-electron chi connectivity index (χ2n) is 4.68. The first-order valence-electron chi connectivity index (χ1n) is 6.71. The SMILES string of the molecule is CCOC(=O)C(C)c1nc2cc(C)ccc2n1CC. The van der Waals surface area contributed by atoms with E-state index in [1.165, 1.54) is 5.56 Å². The van der Waals surface area contributed by atoms with Crippen LogP contribution >= 0.6 is 0 Å². The van der Waals surface area contributed by atoms with Gasteiger partial charge in [-0.2, -0.15) is 0 Å². The van der Waals surface area contributed by atoms with Crippen LogP contribution in [-0.2, 0) is 16.1 Å². The van der Waals surface area contributed by atoms with Crippen molar-refractivity contribution >= 4 is 17.0 Å². The Morgan fingerprint density at radius 1 is 1.42 bits per heavy atom. The molecule has 4 nitrogen and oxygen atoms in total. The fourth-order valence-corrected chi connectivity index (χ4v) is 2.29. The second kappa shape index (κ2) is 5.43. The maximum absolute atomic E-state index is 11.9. The number of aryl methyl sites for hydroxylation is 2. The highest BCUT2D eigenvalue weighted by Crippen LogP contribution is 2.23. The van der Waals surface area contributed by atoms with Crippen LogP contribution in [0.3, 0.4) is 0 Å². The molecule has 0 fully saturated rings. The van der Waals surface area contributed by atoms with E-state index in [1.54, 1.807) is 0 Å². The van der Waals surface area contributed by atoms with Crippen LogP contribution in [0.25, 0.3) is 11.0 Å². The highest BCUT2D eigenvalue weighted by molar-refractivity contribution is 5.81. The molecule has 0 saturated carbocycles. The Morgan fingerprint density at radius 2 is 2.16 bits per heavy atom. The molecule has 0 spiro atoms. The molecule has 1 heterocycles. The van der Waals surface area contributed by atoms with Crippen molar-refractivity contribution in [2.45, 2.75) is 40.2 Å². The van der Waals surface area contributed by atoms with Crippen LogP contribution in [0, 0.1) is 6.92 Å². The Balaban J connectivity index is 2.50. The smallest absolute Gasteiger partial charge is 0.316 e. The van der Waals surface area contributed by atoms with E-state index >= 15 is 0 Å². The molecule has 0 aliphatic rings. The van der Waals surface area contributed by atoms with E-state index in [4.69, 9.17) is 4.74 Å². The summed E-state index contributed by atoms with van der Waals surface area (Å²) in [7, 11) is 0. The second-order valence-corrected chi connectivity index (χ2v) is 4.68. The van der Waals surface area contributed by atoms with Crippen LogP contribution in [0.15, 0.2) is 18.2 Å². The van der Waals surface area contributed by atoms with Gasteiger partial charge in [-0.25, -0.2) is 4.98 Å². The van der Waals surface area contributed by atoms with Crippen molar-refractivity contribution in [2.24, 2.45) is 0 Å². The number of hydrogen-bond donors (Lipinski definition) is 0. The van der Waals surface area contributed by atoms with Gasteiger partial charge in [0.05, 0.1) is 17.6 Å². The van der Waals surface area contributed by atoms with Gasteiger partial charge in [-0.05, 0) is 45.4 Å². The minimum atomic E-state index is -0.340. The number of benzene rings is 1. The van der Waals surface area contributed by atoms with E-state index in [0.717, 1.165) is 23.4 Å². The molecule has 1 atom stereocenters. The zero-order valence-corrected chi connectivity index (χ0v) is 11.9. The van der Waals surface area contributed by atoms with Gasteiger partial charge in [0, 0.05) is 6.54 Å². The Morgan fingerprint density at radius 3 is 2.79 bits per heavy atom. The Labute approximate surface area is 113 Å². The molecular weight excluding hydrogens is 240 g/mol. The molecule has 19 heavy (non-hydrogen) atoms. The highest BCUT2D eigenvalue weighted by Gasteiger charge is 2.23. The lowest BCUT2D eigenvalue weighted by Crippen LogP contribution is -2.17. The van der Waals surface area contributed by atoms with Gasteiger partial charge in [0.25, 0.3) is 0 Å². The van der Waals surface area contributed by atoms with Gasteiger partial charge >= 0.3 is 5.97 Å². The first kappa shape index (κ1) is 13.6. The monoisotopic (exact) mass is 260 g/mol. The first-order chi connectivity index (χ1) is 9.08. The third-order valence-corrected chi connectivity index (χ3v) is 3.28. The predicted molar refractivity (Wildman–Crippen MR) is 75.2 cm³/mol. The zero-order chi connectivity index (χ0) is 14.0. The van der Waals surface area contributed by atoms with Crippen LogP contribution in [0.5, 0.6) is 0 Å². The number of nitrogens with zero attached hydrogens (tertiary/aromatic N) is 2. The summed E-state index contributed by atoms with van der Waals surface area (Å²) in [6, 6.07) is 6.17. The quantitative estimate of drug-likeness (QED) is 0.794. The molecule has 4 heteroatoms. The van der Waals surface area contributed by atoms with Crippen LogP contribution in [0.4, 0.5) is 0 Å². The molecule has 0 aliphatic heterocycles. The summed E-state index contributed by atoms with van der Waals surface area (Å²) in [5.41, 5.74) is 3.18. The summed E-state index contributed by atoms with van der Waals surface area (Å²) in [6.45, 7) is 8.95. The number of carbonyl (C=O) groups is 1. The molecule has 1 aromatic heterocycles. The van der Waals surface area contributed by atoms with Crippen molar-refractivity contribution in [1.82, 2.24) is 9.55 Å². The lowest BCUT2D eigenvalue weighted by molar-refractivity contribution is -0.144. The Bertz CT molecular complexity index is 601. The van der Waals surface area contributed by atoms with Crippen molar-refractivity contribution in [3.63, 3.8) is 0 Å². The largest absolute Gasteiger partial charge is 0.465 e.